The Hall–Kier alpha value is -1.44. The van der Waals surface area contributed by atoms with Crippen molar-refractivity contribution in [1.29, 1.82) is 0 Å². The Morgan fingerprint density at radius 2 is 1.79 bits per heavy atom. The molecule has 0 saturated carbocycles. The molecule has 2 aromatic carbocycles. The van der Waals surface area contributed by atoms with Crippen molar-refractivity contribution in [3.05, 3.63) is 75.6 Å². The van der Waals surface area contributed by atoms with Crippen LogP contribution in [0.1, 0.15) is 10.4 Å². The summed E-state index contributed by atoms with van der Waals surface area (Å²) in [5.41, 5.74) is 9.73. The van der Waals surface area contributed by atoms with E-state index in [1.165, 1.54) is 10.0 Å². The van der Waals surface area contributed by atoms with Crippen molar-refractivity contribution >= 4 is 31.0 Å². The minimum absolute atomic E-state index is 0.208. The van der Waals surface area contributed by atoms with Crippen LogP contribution in [0.25, 0.3) is 10.4 Å². The summed E-state index contributed by atoms with van der Waals surface area (Å²) in [6.45, 7) is 0.489. The first kappa shape index (κ1) is 14.0. The molecule has 0 aliphatic carbocycles. The second-order valence-corrected chi connectivity index (χ2v) is 7.00. The van der Waals surface area contributed by atoms with Gasteiger partial charge in [-0.2, -0.15) is 0 Å². The average Bonchev–Trinajstić information content (AvgIpc) is 2.46. The summed E-state index contributed by atoms with van der Waals surface area (Å²) in [5, 5.41) is 4.47. The first-order valence-corrected chi connectivity index (χ1v) is 8.00. The molecule has 0 radical (unpaired) electrons. The quantitative estimate of drug-likeness (QED) is 0.346. The first-order valence-electron chi connectivity index (χ1n) is 5.77. The van der Waals surface area contributed by atoms with Crippen molar-refractivity contribution in [2.45, 2.75) is 4.82 Å². The molecule has 19 heavy (non-hydrogen) atoms. The fourth-order valence-corrected chi connectivity index (χ4v) is 4.01. The van der Waals surface area contributed by atoms with E-state index in [0.29, 0.717) is 6.54 Å². The minimum atomic E-state index is 0.208. The molecule has 0 N–H and O–H groups in total. The second kappa shape index (κ2) is 7.22. The van der Waals surface area contributed by atoms with Crippen LogP contribution in [0, 0.1) is 0 Å². The van der Waals surface area contributed by atoms with E-state index in [-0.39, 0.29) is 19.8 Å². The molecule has 0 heterocycles. The maximum absolute atomic E-state index is 8.51. The Labute approximate surface area is 123 Å². The van der Waals surface area contributed by atoms with E-state index < -0.39 is 0 Å². The number of hydrogen-bond donors (Lipinski definition) is 0. The third kappa shape index (κ3) is 4.30. The van der Waals surface area contributed by atoms with Gasteiger partial charge in [0.2, 0.25) is 0 Å². The van der Waals surface area contributed by atoms with E-state index in [4.69, 9.17) is 17.1 Å². The number of nitrogens with zero attached hydrogens (tertiary/aromatic N) is 3. The Bertz CT molecular complexity index is 565. The molecule has 0 fully saturated rings. The number of rotatable bonds is 5. The van der Waals surface area contributed by atoms with Gasteiger partial charge in [-0.25, -0.2) is 0 Å². The molecule has 0 saturated heterocycles. The van der Waals surface area contributed by atoms with Crippen LogP contribution in [0.4, 0.5) is 0 Å². The number of hydrogen-bond acceptors (Lipinski definition) is 1. The second-order valence-electron chi connectivity index (χ2n) is 3.88. The van der Waals surface area contributed by atoms with Gasteiger partial charge in [-0.3, -0.25) is 0 Å². The van der Waals surface area contributed by atoms with Gasteiger partial charge in [0.05, 0.1) is 0 Å². The zero-order valence-corrected chi connectivity index (χ0v) is 12.6. The molecule has 0 amide bonds. The van der Waals surface area contributed by atoms with Crippen LogP contribution >= 0.6 is 11.6 Å². The molecule has 1 unspecified atom stereocenters. The van der Waals surface area contributed by atoms with E-state index in [1.54, 1.807) is 0 Å². The summed E-state index contributed by atoms with van der Waals surface area (Å²) in [6.07, 6.45) is 0. The van der Waals surface area contributed by atoms with Gasteiger partial charge in [0.25, 0.3) is 0 Å². The Kier molecular flexibility index (Phi) is 5.31. The average molecular weight is 337 g/mol. The van der Waals surface area contributed by atoms with Crippen molar-refractivity contribution < 1.29 is 0 Å². The summed E-state index contributed by atoms with van der Waals surface area (Å²) in [4.78, 5) is 3.13. The third-order valence-electron chi connectivity index (χ3n) is 2.57. The fourth-order valence-electron chi connectivity index (χ4n) is 1.67. The van der Waals surface area contributed by atoms with Gasteiger partial charge in [-0.15, -0.1) is 0 Å². The standard InChI is InChI=1S/C14H12ClN3Se/c15-12-6-8-13(9-7-12)19-14(10-17-18-16)11-4-2-1-3-5-11/h1-9,14H,10H2. The normalized spacial score (nSPS) is 11.6. The predicted octanol–water partition coefficient (Wildman–Crippen LogP) is 3.72. The Balaban J connectivity index is 2.18. The molecule has 0 spiro atoms. The van der Waals surface area contributed by atoms with Crippen LogP contribution in [-0.4, -0.2) is 21.5 Å². The maximum atomic E-state index is 8.51. The van der Waals surface area contributed by atoms with Gasteiger partial charge in [0.15, 0.2) is 0 Å². The molecule has 0 aromatic heterocycles. The van der Waals surface area contributed by atoms with E-state index >= 15 is 0 Å². The molecular weight excluding hydrogens is 325 g/mol. The Morgan fingerprint density at radius 3 is 2.42 bits per heavy atom. The Morgan fingerprint density at radius 1 is 1.11 bits per heavy atom. The van der Waals surface area contributed by atoms with E-state index in [1.807, 2.05) is 42.5 Å². The molecule has 5 heteroatoms. The number of halogens is 1. The van der Waals surface area contributed by atoms with Gasteiger partial charge in [0, 0.05) is 0 Å². The number of azide groups is 1. The molecule has 0 aliphatic rings. The molecule has 1 atom stereocenters. The fraction of sp³-hybridized carbons (Fsp3) is 0.143. The number of benzene rings is 2. The summed E-state index contributed by atoms with van der Waals surface area (Å²) in [5.74, 6) is 0. The molecule has 2 aromatic rings. The van der Waals surface area contributed by atoms with Crippen LogP contribution in [0.3, 0.4) is 0 Å². The SMILES string of the molecule is [N-]=[N+]=NCC([Se]c1ccc(Cl)cc1)c1ccccc1. The van der Waals surface area contributed by atoms with Crippen LogP contribution in [0.15, 0.2) is 59.7 Å². The molecule has 2 rings (SSSR count). The van der Waals surface area contributed by atoms with Crippen molar-refractivity contribution in [3.8, 4) is 0 Å². The molecular formula is C14H12ClN3Se. The first-order chi connectivity index (χ1) is 9.29. The molecule has 3 nitrogen and oxygen atoms in total. The van der Waals surface area contributed by atoms with Crippen molar-refractivity contribution in [2.75, 3.05) is 6.54 Å². The van der Waals surface area contributed by atoms with Crippen molar-refractivity contribution in [2.24, 2.45) is 5.11 Å². The zero-order chi connectivity index (χ0) is 13.5. The molecule has 96 valence electrons. The summed E-state index contributed by atoms with van der Waals surface area (Å²) < 4.78 is 1.25. The van der Waals surface area contributed by atoms with Gasteiger partial charge >= 0.3 is 123 Å². The predicted molar refractivity (Wildman–Crippen MR) is 80.0 cm³/mol. The molecule has 0 aliphatic heterocycles. The van der Waals surface area contributed by atoms with E-state index in [2.05, 4.69) is 22.2 Å². The van der Waals surface area contributed by atoms with Crippen molar-refractivity contribution in [1.82, 2.24) is 0 Å². The summed E-state index contributed by atoms with van der Waals surface area (Å²) in [6, 6.07) is 18.0. The zero-order valence-electron chi connectivity index (χ0n) is 10.1. The molecule has 0 bridgehead atoms. The monoisotopic (exact) mass is 337 g/mol. The van der Waals surface area contributed by atoms with Gasteiger partial charge in [-0.05, 0) is 0 Å². The van der Waals surface area contributed by atoms with Crippen molar-refractivity contribution in [3.63, 3.8) is 0 Å². The van der Waals surface area contributed by atoms with Gasteiger partial charge in [-0.1, -0.05) is 0 Å². The summed E-state index contributed by atoms with van der Waals surface area (Å²) in [7, 11) is 0. The van der Waals surface area contributed by atoms with Gasteiger partial charge < -0.3 is 0 Å². The van der Waals surface area contributed by atoms with Crippen LogP contribution in [0.2, 0.25) is 5.02 Å². The van der Waals surface area contributed by atoms with Gasteiger partial charge in [0.1, 0.15) is 0 Å². The topological polar surface area (TPSA) is 48.8 Å². The van der Waals surface area contributed by atoms with E-state index in [0.717, 1.165) is 5.02 Å². The summed E-state index contributed by atoms with van der Waals surface area (Å²) >= 11 is 6.10. The van der Waals surface area contributed by atoms with E-state index in [9.17, 15) is 0 Å². The third-order valence-corrected chi connectivity index (χ3v) is 5.45. The van der Waals surface area contributed by atoms with Crippen LogP contribution in [-0.2, 0) is 0 Å². The van der Waals surface area contributed by atoms with Crippen LogP contribution in [0.5, 0.6) is 0 Å². The van der Waals surface area contributed by atoms with Crippen LogP contribution < -0.4 is 4.46 Å².